The van der Waals surface area contributed by atoms with Gasteiger partial charge in [0.25, 0.3) is 0 Å². The number of rotatable bonds is 9. The smallest absolute Gasteiger partial charge is 0.300 e. The second-order valence-electron chi connectivity index (χ2n) is 5.59. The van der Waals surface area contributed by atoms with Crippen molar-refractivity contribution in [3.05, 3.63) is 35.9 Å². The maximum absolute atomic E-state index is 12.7. The van der Waals surface area contributed by atoms with Gasteiger partial charge in [-0.05, 0) is 28.8 Å². The lowest BCUT2D eigenvalue weighted by Crippen LogP contribution is -2.05. The van der Waals surface area contributed by atoms with Crippen molar-refractivity contribution in [3.8, 4) is 0 Å². The summed E-state index contributed by atoms with van der Waals surface area (Å²) < 4.78 is 23.8. The Labute approximate surface area is 126 Å². The summed E-state index contributed by atoms with van der Waals surface area (Å²) in [5.41, 5.74) is 1.12. The van der Waals surface area contributed by atoms with Crippen LogP contribution in [0.3, 0.4) is 0 Å². The van der Waals surface area contributed by atoms with E-state index in [9.17, 15) is 4.57 Å². The highest BCUT2D eigenvalue weighted by Crippen LogP contribution is 2.62. The molecule has 3 nitrogen and oxygen atoms in total. The lowest BCUT2D eigenvalue weighted by molar-refractivity contribution is 0.186. The minimum Gasteiger partial charge on any atom is -0.300 e. The predicted octanol–water partition coefficient (Wildman–Crippen LogP) is 5.37. The van der Waals surface area contributed by atoms with Gasteiger partial charge in [0.1, 0.15) is 0 Å². The SMILES string of the molecule is CC(C)COP(=O)(OCC(C)C)SCc1ccccc1. The second-order valence-corrected chi connectivity index (χ2v) is 9.66. The summed E-state index contributed by atoms with van der Waals surface area (Å²) >= 11 is 1.27. The van der Waals surface area contributed by atoms with Crippen LogP contribution in [0.4, 0.5) is 0 Å². The largest absolute Gasteiger partial charge is 0.389 e. The van der Waals surface area contributed by atoms with E-state index >= 15 is 0 Å². The Bertz CT molecular complexity index is 404. The molecule has 0 fully saturated rings. The molecular weight excluding hydrogens is 291 g/mol. The Kier molecular flexibility index (Phi) is 7.90. The van der Waals surface area contributed by atoms with Crippen LogP contribution in [0.2, 0.25) is 0 Å². The van der Waals surface area contributed by atoms with E-state index < -0.39 is 6.80 Å². The lowest BCUT2D eigenvalue weighted by Gasteiger charge is -2.20. The van der Waals surface area contributed by atoms with E-state index in [0.717, 1.165) is 5.56 Å². The highest BCUT2D eigenvalue weighted by atomic mass is 32.7. The van der Waals surface area contributed by atoms with Gasteiger partial charge in [-0.2, -0.15) is 0 Å². The van der Waals surface area contributed by atoms with E-state index in [-0.39, 0.29) is 0 Å². The van der Waals surface area contributed by atoms with E-state index in [1.807, 2.05) is 58.0 Å². The molecule has 0 saturated heterocycles. The summed E-state index contributed by atoms with van der Waals surface area (Å²) in [5, 5.41) is 0. The first-order chi connectivity index (χ1) is 9.41. The Morgan fingerprint density at radius 1 is 1.00 bits per heavy atom. The molecule has 0 heterocycles. The standard InChI is InChI=1S/C15H25O3PS/c1-13(2)10-17-19(16,18-11-14(3)4)20-12-15-8-6-5-7-9-15/h5-9,13-14H,10-12H2,1-4H3. The molecule has 0 atom stereocenters. The van der Waals surface area contributed by atoms with E-state index in [1.54, 1.807) is 0 Å². The molecule has 0 radical (unpaired) electrons. The first-order valence-corrected chi connectivity index (χ1v) is 10.1. The third kappa shape index (κ3) is 7.49. The van der Waals surface area contributed by atoms with Crippen LogP contribution >= 0.6 is 18.2 Å². The van der Waals surface area contributed by atoms with E-state index in [0.29, 0.717) is 30.8 Å². The third-order valence-electron chi connectivity index (χ3n) is 2.36. The van der Waals surface area contributed by atoms with Gasteiger partial charge in [0, 0.05) is 5.75 Å². The molecule has 0 unspecified atom stereocenters. The van der Waals surface area contributed by atoms with Crippen molar-refractivity contribution in [1.82, 2.24) is 0 Å². The van der Waals surface area contributed by atoms with Gasteiger partial charge in [0.05, 0.1) is 13.2 Å². The van der Waals surface area contributed by atoms with Crippen LogP contribution < -0.4 is 0 Å². The van der Waals surface area contributed by atoms with Gasteiger partial charge in [-0.1, -0.05) is 58.0 Å². The molecule has 0 saturated carbocycles. The molecule has 0 aliphatic rings. The number of benzene rings is 1. The second kappa shape index (κ2) is 8.89. The Hall–Kier alpha value is -0.280. The van der Waals surface area contributed by atoms with Gasteiger partial charge >= 0.3 is 6.80 Å². The first kappa shape index (κ1) is 17.8. The summed E-state index contributed by atoms with van der Waals surface area (Å²) in [5.74, 6) is 1.31. The molecule has 20 heavy (non-hydrogen) atoms. The summed E-state index contributed by atoms with van der Waals surface area (Å²) in [6, 6.07) is 9.96. The van der Waals surface area contributed by atoms with Gasteiger partial charge < -0.3 is 9.05 Å². The summed E-state index contributed by atoms with van der Waals surface area (Å²) in [4.78, 5) is 0. The maximum atomic E-state index is 12.7. The molecular formula is C15H25O3PS. The number of hydrogen-bond donors (Lipinski definition) is 0. The highest BCUT2D eigenvalue weighted by molar-refractivity contribution is 8.54. The molecule has 5 heteroatoms. The van der Waals surface area contributed by atoms with Gasteiger partial charge in [-0.3, -0.25) is 0 Å². The molecule has 0 aliphatic carbocycles. The van der Waals surface area contributed by atoms with Crippen molar-refractivity contribution in [3.63, 3.8) is 0 Å². The van der Waals surface area contributed by atoms with Crippen LogP contribution in [0.15, 0.2) is 30.3 Å². The zero-order chi connectivity index (χ0) is 15.0. The molecule has 1 rings (SSSR count). The van der Waals surface area contributed by atoms with Gasteiger partial charge in [0.2, 0.25) is 0 Å². The van der Waals surface area contributed by atoms with E-state index in [4.69, 9.17) is 9.05 Å². The fourth-order valence-corrected chi connectivity index (χ4v) is 4.74. The van der Waals surface area contributed by atoms with Crippen LogP contribution in [0.25, 0.3) is 0 Å². The molecule has 0 spiro atoms. The van der Waals surface area contributed by atoms with Gasteiger partial charge in [-0.25, -0.2) is 4.57 Å². The monoisotopic (exact) mass is 316 g/mol. The zero-order valence-corrected chi connectivity index (χ0v) is 14.5. The van der Waals surface area contributed by atoms with Crippen molar-refractivity contribution >= 4 is 18.2 Å². The third-order valence-corrected chi connectivity index (χ3v) is 6.04. The average molecular weight is 316 g/mol. The first-order valence-electron chi connectivity index (χ1n) is 6.99. The van der Waals surface area contributed by atoms with Gasteiger partial charge in [-0.15, -0.1) is 0 Å². The van der Waals surface area contributed by atoms with Crippen LogP contribution in [-0.4, -0.2) is 13.2 Å². The normalized spacial score (nSPS) is 12.3. The van der Waals surface area contributed by atoms with Crippen molar-refractivity contribution < 1.29 is 13.6 Å². The van der Waals surface area contributed by atoms with E-state index in [1.165, 1.54) is 11.4 Å². The van der Waals surface area contributed by atoms with Crippen LogP contribution in [0, 0.1) is 11.8 Å². The van der Waals surface area contributed by atoms with Crippen LogP contribution in [0.1, 0.15) is 33.3 Å². The van der Waals surface area contributed by atoms with E-state index in [2.05, 4.69) is 0 Å². The Balaban J connectivity index is 2.59. The molecule has 1 aromatic rings. The van der Waals surface area contributed by atoms with Crippen molar-refractivity contribution in [2.75, 3.05) is 13.2 Å². The molecule has 0 aliphatic heterocycles. The Morgan fingerprint density at radius 3 is 1.95 bits per heavy atom. The fraction of sp³-hybridized carbons (Fsp3) is 0.600. The molecule has 114 valence electrons. The quantitative estimate of drug-likeness (QED) is 0.573. The van der Waals surface area contributed by atoms with Crippen molar-refractivity contribution in [2.24, 2.45) is 11.8 Å². The van der Waals surface area contributed by atoms with Crippen molar-refractivity contribution in [2.45, 2.75) is 33.4 Å². The summed E-state index contributed by atoms with van der Waals surface area (Å²) in [6.45, 7) is 5.98. The number of hydrogen-bond acceptors (Lipinski definition) is 4. The van der Waals surface area contributed by atoms with Crippen molar-refractivity contribution in [1.29, 1.82) is 0 Å². The molecule has 0 N–H and O–H groups in total. The minimum absolute atomic E-state index is 0.336. The molecule has 0 amide bonds. The summed E-state index contributed by atoms with van der Waals surface area (Å²) in [7, 11) is 0. The average Bonchev–Trinajstić information content (AvgIpc) is 2.42. The van der Waals surface area contributed by atoms with Gasteiger partial charge in [0.15, 0.2) is 0 Å². The lowest BCUT2D eigenvalue weighted by atomic mass is 10.2. The predicted molar refractivity (Wildman–Crippen MR) is 86.9 cm³/mol. The summed E-state index contributed by atoms with van der Waals surface area (Å²) in [6.07, 6.45) is 0. The van der Waals surface area contributed by atoms with Crippen LogP contribution in [-0.2, 0) is 19.4 Å². The highest BCUT2D eigenvalue weighted by Gasteiger charge is 2.26. The maximum Gasteiger partial charge on any atom is 0.389 e. The topological polar surface area (TPSA) is 35.5 Å². The fourth-order valence-electron chi connectivity index (χ4n) is 1.32. The van der Waals surface area contributed by atoms with Crippen LogP contribution in [0.5, 0.6) is 0 Å². The molecule has 0 aromatic heterocycles. The Morgan fingerprint density at radius 2 is 1.50 bits per heavy atom. The minimum atomic E-state index is -3.08. The molecule has 1 aromatic carbocycles. The molecule has 0 bridgehead atoms. The zero-order valence-electron chi connectivity index (χ0n) is 12.7.